The van der Waals surface area contributed by atoms with Gasteiger partial charge < -0.3 is 15.7 Å². The Kier molecular flexibility index (Phi) is 5.19. The highest BCUT2D eigenvalue weighted by Gasteiger charge is 2.39. The van der Waals surface area contributed by atoms with Gasteiger partial charge in [-0.1, -0.05) is 32.4 Å². The Bertz CT molecular complexity index is 559. The van der Waals surface area contributed by atoms with Crippen molar-refractivity contribution in [1.29, 1.82) is 0 Å². The number of carbonyl (C=O) groups excluding carboxylic acids is 2. The molecule has 0 aliphatic heterocycles. The zero-order valence-electron chi connectivity index (χ0n) is 13.2. The summed E-state index contributed by atoms with van der Waals surface area (Å²) in [7, 11) is 0. The van der Waals surface area contributed by atoms with E-state index in [1.807, 2.05) is 32.0 Å². The Balaban J connectivity index is 1.96. The molecule has 1 aromatic rings. The molecule has 0 radical (unpaired) electrons. The van der Waals surface area contributed by atoms with Gasteiger partial charge in [0.25, 0.3) is 0 Å². The molecule has 1 aliphatic rings. The highest BCUT2D eigenvalue weighted by atomic mass is 16.3. The van der Waals surface area contributed by atoms with E-state index >= 15 is 0 Å². The topological polar surface area (TPSA) is 78.4 Å². The fourth-order valence-corrected chi connectivity index (χ4v) is 2.95. The van der Waals surface area contributed by atoms with E-state index in [4.69, 9.17) is 0 Å². The molecule has 1 saturated carbocycles. The summed E-state index contributed by atoms with van der Waals surface area (Å²) in [6, 6.07) is 7.29. The van der Waals surface area contributed by atoms with Gasteiger partial charge in [0.05, 0.1) is 6.61 Å². The van der Waals surface area contributed by atoms with E-state index in [-0.39, 0.29) is 18.1 Å². The molecule has 0 aromatic heterocycles. The molecule has 5 heteroatoms. The van der Waals surface area contributed by atoms with Crippen LogP contribution in [0.15, 0.2) is 24.3 Å². The number of anilines is 1. The van der Waals surface area contributed by atoms with Crippen molar-refractivity contribution in [2.75, 3.05) is 11.9 Å². The summed E-state index contributed by atoms with van der Waals surface area (Å²) in [5.41, 5.74) is 1.38. The standard InChI is InChI=1S/C17H24N2O3/c1-3-12-6-4-7-13(10-12)18-15(21)16(22)19-14-8-5-9-17(14,2)11-20/h4,6-7,10,14,20H,3,5,8-9,11H2,1-2H3,(H,18,21)(H,19,22). The number of benzene rings is 1. The van der Waals surface area contributed by atoms with Crippen LogP contribution < -0.4 is 10.6 Å². The summed E-state index contributed by atoms with van der Waals surface area (Å²) in [6.45, 7) is 3.98. The first-order valence-electron chi connectivity index (χ1n) is 7.80. The SMILES string of the molecule is CCc1cccc(NC(=O)C(=O)NC2CCCC2(C)CO)c1. The molecule has 2 amide bonds. The van der Waals surface area contributed by atoms with Crippen LogP contribution in [-0.2, 0) is 16.0 Å². The molecule has 1 fully saturated rings. The summed E-state index contributed by atoms with van der Waals surface area (Å²) < 4.78 is 0. The van der Waals surface area contributed by atoms with Crippen LogP contribution in [0, 0.1) is 5.41 Å². The largest absolute Gasteiger partial charge is 0.396 e. The van der Waals surface area contributed by atoms with Crippen LogP contribution in [0.1, 0.15) is 38.7 Å². The normalized spacial score (nSPS) is 24.0. The lowest BCUT2D eigenvalue weighted by Crippen LogP contribution is -2.48. The average molecular weight is 304 g/mol. The van der Waals surface area contributed by atoms with Crippen molar-refractivity contribution >= 4 is 17.5 Å². The van der Waals surface area contributed by atoms with E-state index in [0.717, 1.165) is 31.2 Å². The van der Waals surface area contributed by atoms with Gasteiger partial charge in [-0.15, -0.1) is 0 Å². The van der Waals surface area contributed by atoms with Gasteiger partial charge in [0.15, 0.2) is 0 Å². The monoisotopic (exact) mass is 304 g/mol. The first kappa shape index (κ1) is 16.5. The third-order valence-corrected chi connectivity index (χ3v) is 4.55. The number of hydrogen-bond acceptors (Lipinski definition) is 3. The number of aryl methyl sites for hydroxylation is 1. The van der Waals surface area contributed by atoms with Crippen LogP contribution in [0.2, 0.25) is 0 Å². The number of aliphatic hydroxyl groups excluding tert-OH is 1. The third-order valence-electron chi connectivity index (χ3n) is 4.55. The van der Waals surface area contributed by atoms with Gasteiger partial charge in [0.2, 0.25) is 0 Å². The fourth-order valence-electron chi connectivity index (χ4n) is 2.95. The molecular weight excluding hydrogens is 280 g/mol. The number of aliphatic hydroxyl groups is 1. The molecule has 3 N–H and O–H groups in total. The Morgan fingerprint density at radius 1 is 1.36 bits per heavy atom. The molecule has 5 nitrogen and oxygen atoms in total. The molecular formula is C17H24N2O3. The van der Waals surface area contributed by atoms with E-state index in [0.29, 0.717) is 5.69 Å². The molecule has 2 atom stereocenters. The second-order valence-electron chi connectivity index (χ2n) is 6.24. The van der Waals surface area contributed by atoms with Crippen LogP contribution in [0.25, 0.3) is 0 Å². The molecule has 0 saturated heterocycles. The first-order chi connectivity index (χ1) is 10.5. The Morgan fingerprint density at radius 3 is 2.82 bits per heavy atom. The van der Waals surface area contributed by atoms with E-state index in [2.05, 4.69) is 10.6 Å². The maximum absolute atomic E-state index is 12.1. The maximum Gasteiger partial charge on any atom is 0.313 e. The lowest BCUT2D eigenvalue weighted by atomic mass is 9.86. The quantitative estimate of drug-likeness (QED) is 0.743. The minimum Gasteiger partial charge on any atom is -0.396 e. The fraction of sp³-hybridized carbons (Fsp3) is 0.529. The van der Waals surface area contributed by atoms with Crippen molar-refractivity contribution in [2.24, 2.45) is 5.41 Å². The predicted molar refractivity (Wildman–Crippen MR) is 85.4 cm³/mol. The van der Waals surface area contributed by atoms with Gasteiger partial charge >= 0.3 is 11.8 Å². The average Bonchev–Trinajstić information content (AvgIpc) is 2.89. The molecule has 2 rings (SSSR count). The number of hydrogen-bond donors (Lipinski definition) is 3. The van der Waals surface area contributed by atoms with Crippen molar-refractivity contribution < 1.29 is 14.7 Å². The van der Waals surface area contributed by atoms with Crippen LogP contribution >= 0.6 is 0 Å². The van der Waals surface area contributed by atoms with Gasteiger partial charge in [-0.25, -0.2) is 0 Å². The van der Waals surface area contributed by atoms with Gasteiger partial charge in [-0.3, -0.25) is 9.59 Å². The third kappa shape index (κ3) is 3.65. The van der Waals surface area contributed by atoms with Gasteiger partial charge in [-0.05, 0) is 37.0 Å². The summed E-state index contributed by atoms with van der Waals surface area (Å²) in [6.07, 6.45) is 3.46. The van der Waals surface area contributed by atoms with Crippen LogP contribution in [-0.4, -0.2) is 29.6 Å². The molecule has 22 heavy (non-hydrogen) atoms. The van der Waals surface area contributed by atoms with Crippen molar-refractivity contribution in [3.8, 4) is 0 Å². The van der Waals surface area contributed by atoms with Crippen molar-refractivity contribution in [1.82, 2.24) is 5.32 Å². The van der Waals surface area contributed by atoms with Crippen LogP contribution in [0.4, 0.5) is 5.69 Å². The van der Waals surface area contributed by atoms with Crippen LogP contribution in [0.5, 0.6) is 0 Å². The summed E-state index contributed by atoms with van der Waals surface area (Å²) in [4.78, 5) is 24.1. The molecule has 120 valence electrons. The second kappa shape index (κ2) is 6.92. The minimum atomic E-state index is -0.666. The molecule has 2 unspecified atom stereocenters. The highest BCUT2D eigenvalue weighted by molar-refractivity contribution is 6.39. The highest BCUT2D eigenvalue weighted by Crippen LogP contribution is 2.37. The van der Waals surface area contributed by atoms with Gasteiger partial charge in [0.1, 0.15) is 0 Å². The smallest absolute Gasteiger partial charge is 0.313 e. The lowest BCUT2D eigenvalue weighted by molar-refractivity contribution is -0.137. The van der Waals surface area contributed by atoms with Crippen molar-refractivity contribution in [3.05, 3.63) is 29.8 Å². The van der Waals surface area contributed by atoms with E-state index in [1.165, 1.54) is 0 Å². The predicted octanol–water partition coefficient (Wildman–Crippen LogP) is 1.85. The zero-order chi connectivity index (χ0) is 16.2. The van der Waals surface area contributed by atoms with E-state index in [1.54, 1.807) is 6.07 Å². The molecule has 0 heterocycles. The zero-order valence-corrected chi connectivity index (χ0v) is 13.2. The first-order valence-corrected chi connectivity index (χ1v) is 7.80. The Hall–Kier alpha value is -1.88. The Labute approximate surface area is 131 Å². The second-order valence-corrected chi connectivity index (χ2v) is 6.24. The lowest BCUT2D eigenvalue weighted by Gasteiger charge is -2.29. The molecule has 1 aromatic carbocycles. The van der Waals surface area contributed by atoms with E-state index < -0.39 is 11.8 Å². The Morgan fingerprint density at radius 2 is 2.14 bits per heavy atom. The van der Waals surface area contributed by atoms with Gasteiger partial charge in [-0.2, -0.15) is 0 Å². The number of amides is 2. The molecule has 0 spiro atoms. The summed E-state index contributed by atoms with van der Waals surface area (Å²) in [5, 5.41) is 14.9. The van der Waals surface area contributed by atoms with E-state index in [9.17, 15) is 14.7 Å². The summed E-state index contributed by atoms with van der Waals surface area (Å²) >= 11 is 0. The number of carbonyl (C=O) groups is 2. The molecule has 1 aliphatic carbocycles. The molecule has 0 bridgehead atoms. The maximum atomic E-state index is 12.1. The number of nitrogens with one attached hydrogen (secondary N) is 2. The number of rotatable bonds is 4. The van der Waals surface area contributed by atoms with Gasteiger partial charge in [0, 0.05) is 17.1 Å². The van der Waals surface area contributed by atoms with Crippen LogP contribution in [0.3, 0.4) is 0 Å². The van der Waals surface area contributed by atoms with Crippen molar-refractivity contribution in [2.45, 2.75) is 45.6 Å². The minimum absolute atomic E-state index is 0.0120. The van der Waals surface area contributed by atoms with Crippen molar-refractivity contribution in [3.63, 3.8) is 0 Å². The summed E-state index contributed by atoms with van der Waals surface area (Å²) in [5.74, 6) is -1.31.